The molecule has 0 aliphatic heterocycles. The molecule has 0 unspecified atom stereocenters. The third-order valence-electron chi connectivity index (χ3n) is 4.91. The molecule has 0 aliphatic rings. The van der Waals surface area contributed by atoms with Gasteiger partial charge in [-0.15, -0.1) is 0 Å². The highest BCUT2D eigenvalue weighted by atomic mass is 16.5. The number of rotatable bonds is 7. The van der Waals surface area contributed by atoms with Gasteiger partial charge in [0, 0.05) is 31.0 Å². The number of carbonyl (C=O) groups excluding carboxylic acids is 1. The number of hydrogen-bond donors (Lipinski definition) is 1. The van der Waals surface area contributed by atoms with Crippen LogP contribution in [0.4, 0.5) is 0 Å². The average molecular weight is 405 g/mol. The second-order valence-corrected chi connectivity index (χ2v) is 6.89. The van der Waals surface area contributed by atoms with Crippen molar-refractivity contribution in [3.63, 3.8) is 0 Å². The van der Waals surface area contributed by atoms with Gasteiger partial charge in [-0.05, 0) is 44.5 Å². The highest BCUT2D eigenvalue weighted by Crippen LogP contribution is 2.21. The molecule has 3 aromatic heterocycles. The van der Waals surface area contributed by atoms with E-state index in [0.29, 0.717) is 29.4 Å². The number of ether oxygens (including phenoxy) is 1. The number of carbonyl (C=O) groups is 1. The first kappa shape index (κ1) is 19.6. The molecule has 0 radical (unpaired) electrons. The van der Waals surface area contributed by atoms with Crippen molar-refractivity contribution in [3.8, 4) is 17.1 Å². The maximum absolute atomic E-state index is 12.7. The molecule has 0 saturated carbocycles. The molecular formula is C21H23N7O2. The maximum atomic E-state index is 12.7. The smallest absolute Gasteiger partial charge is 0.256 e. The third-order valence-corrected chi connectivity index (χ3v) is 4.91. The lowest BCUT2D eigenvalue weighted by atomic mass is 10.2. The van der Waals surface area contributed by atoms with E-state index < -0.39 is 0 Å². The van der Waals surface area contributed by atoms with Gasteiger partial charge in [-0.1, -0.05) is 0 Å². The number of aryl methyl sites for hydroxylation is 3. The number of methoxy groups -OCH3 is 1. The average Bonchev–Trinajstić information content (AvgIpc) is 3.37. The fourth-order valence-electron chi connectivity index (χ4n) is 3.23. The van der Waals surface area contributed by atoms with Crippen LogP contribution in [-0.2, 0) is 6.54 Å². The molecule has 1 amide bonds. The first-order valence-electron chi connectivity index (χ1n) is 9.69. The number of amides is 1. The summed E-state index contributed by atoms with van der Waals surface area (Å²) in [5, 5.41) is 7.23. The van der Waals surface area contributed by atoms with Crippen LogP contribution < -0.4 is 10.1 Å². The summed E-state index contributed by atoms with van der Waals surface area (Å²) in [4.78, 5) is 26.0. The minimum absolute atomic E-state index is 0.203. The number of aromatic nitrogens is 6. The minimum atomic E-state index is -0.203. The number of benzene rings is 1. The fraction of sp³-hybridized carbons (Fsp3) is 0.286. The van der Waals surface area contributed by atoms with Crippen LogP contribution in [0.25, 0.3) is 17.0 Å². The number of imidazole rings is 1. The molecular weight excluding hydrogens is 382 g/mol. The number of hydrogen-bond acceptors (Lipinski definition) is 6. The number of nitrogens with zero attached hydrogens (tertiary/aromatic N) is 6. The molecule has 154 valence electrons. The molecule has 9 heteroatoms. The standard InChI is InChI=1S/C21H23N7O2/c1-14-22-10-12-27(14)11-4-9-23-21(29)18-13-24-28-15(2)25-19(26-20(18)28)16-5-7-17(30-3)8-6-16/h5-8,10,12-13H,4,9,11H2,1-3H3,(H,23,29). The largest absolute Gasteiger partial charge is 0.497 e. The van der Waals surface area contributed by atoms with Gasteiger partial charge in [0.1, 0.15) is 23.0 Å². The summed E-state index contributed by atoms with van der Waals surface area (Å²) in [6.45, 7) is 5.14. The van der Waals surface area contributed by atoms with E-state index in [1.807, 2.05) is 44.3 Å². The normalized spacial score (nSPS) is 11.0. The minimum Gasteiger partial charge on any atom is -0.497 e. The Morgan fingerprint density at radius 1 is 1.13 bits per heavy atom. The highest BCUT2D eigenvalue weighted by Gasteiger charge is 2.17. The van der Waals surface area contributed by atoms with E-state index in [4.69, 9.17) is 4.74 Å². The van der Waals surface area contributed by atoms with Gasteiger partial charge in [0.2, 0.25) is 0 Å². The molecule has 4 rings (SSSR count). The Balaban J connectivity index is 1.51. The SMILES string of the molecule is COc1ccc(-c2nc(C)n3ncc(C(=O)NCCCn4ccnc4C)c3n2)cc1. The highest BCUT2D eigenvalue weighted by molar-refractivity contribution is 5.99. The van der Waals surface area contributed by atoms with Crippen LogP contribution in [0.3, 0.4) is 0 Å². The summed E-state index contributed by atoms with van der Waals surface area (Å²) in [5.74, 6) is 2.70. The third kappa shape index (κ3) is 3.86. The van der Waals surface area contributed by atoms with Gasteiger partial charge in [0.25, 0.3) is 5.91 Å². The summed E-state index contributed by atoms with van der Waals surface area (Å²) in [5.41, 5.74) is 1.75. The van der Waals surface area contributed by atoms with E-state index in [2.05, 4.69) is 29.9 Å². The van der Waals surface area contributed by atoms with E-state index in [1.54, 1.807) is 17.8 Å². The van der Waals surface area contributed by atoms with Crippen LogP contribution in [0, 0.1) is 13.8 Å². The van der Waals surface area contributed by atoms with Crippen molar-refractivity contribution in [1.82, 2.24) is 34.4 Å². The molecule has 3 heterocycles. The van der Waals surface area contributed by atoms with Crippen LogP contribution in [0.5, 0.6) is 5.75 Å². The molecule has 0 aliphatic carbocycles. The predicted octanol–water partition coefficient (Wildman–Crippen LogP) is 2.43. The van der Waals surface area contributed by atoms with E-state index in [-0.39, 0.29) is 5.91 Å². The van der Waals surface area contributed by atoms with Gasteiger partial charge >= 0.3 is 0 Å². The van der Waals surface area contributed by atoms with Crippen molar-refractivity contribution >= 4 is 11.6 Å². The Kier molecular flexibility index (Phi) is 5.42. The Labute approximate surface area is 173 Å². The van der Waals surface area contributed by atoms with Crippen LogP contribution in [0.2, 0.25) is 0 Å². The van der Waals surface area contributed by atoms with Gasteiger partial charge in [-0.2, -0.15) is 5.10 Å². The molecule has 9 nitrogen and oxygen atoms in total. The Hall–Kier alpha value is -3.75. The van der Waals surface area contributed by atoms with Crippen LogP contribution in [0.15, 0.2) is 42.9 Å². The van der Waals surface area contributed by atoms with Crippen molar-refractivity contribution in [1.29, 1.82) is 0 Å². The Morgan fingerprint density at radius 2 is 1.93 bits per heavy atom. The molecule has 0 fully saturated rings. The Morgan fingerprint density at radius 3 is 2.63 bits per heavy atom. The molecule has 1 N–H and O–H groups in total. The lowest BCUT2D eigenvalue weighted by Crippen LogP contribution is -2.25. The zero-order chi connectivity index (χ0) is 21.1. The molecule has 1 aromatic carbocycles. The molecule has 30 heavy (non-hydrogen) atoms. The zero-order valence-corrected chi connectivity index (χ0v) is 17.2. The number of fused-ring (bicyclic) bond motifs is 1. The quantitative estimate of drug-likeness (QED) is 0.474. The molecule has 0 atom stereocenters. The first-order valence-corrected chi connectivity index (χ1v) is 9.69. The molecule has 0 saturated heterocycles. The van der Waals surface area contributed by atoms with E-state index in [0.717, 1.165) is 30.1 Å². The summed E-state index contributed by atoms with van der Waals surface area (Å²) in [7, 11) is 1.62. The van der Waals surface area contributed by atoms with Crippen molar-refractivity contribution < 1.29 is 9.53 Å². The van der Waals surface area contributed by atoms with Crippen LogP contribution in [0.1, 0.15) is 28.4 Å². The van der Waals surface area contributed by atoms with Crippen molar-refractivity contribution in [2.45, 2.75) is 26.8 Å². The molecule has 0 bridgehead atoms. The van der Waals surface area contributed by atoms with Gasteiger partial charge in [0.15, 0.2) is 11.5 Å². The van der Waals surface area contributed by atoms with E-state index >= 15 is 0 Å². The van der Waals surface area contributed by atoms with Gasteiger partial charge in [-0.3, -0.25) is 4.79 Å². The molecule has 0 spiro atoms. The summed E-state index contributed by atoms with van der Waals surface area (Å²) >= 11 is 0. The van der Waals surface area contributed by atoms with Crippen LogP contribution >= 0.6 is 0 Å². The van der Waals surface area contributed by atoms with Gasteiger partial charge in [-0.25, -0.2) is 19.5 Å². The number of nitrogens with one attached hydrogen (secondary N) is 1. The maximum Gasteiger partial charge on any atom is 0.256 e. The monoisotopic (exact) mass is 405 g/mol. The molecule has 4 aromatic rings. The summed E-state index contributed by atoms with van der Waals surface area (Å²) in [6.07, 6.45) is 6.04. The van der Waals surface area contributed by atoms with Crippen molar-refractivity contribution in [2.75, 3.05) is 13.7 Å². The topological polar surface area (TPSA) is 99.2 Å². The second kappa shape index (κ2) is 8.32. The van der Waals surface area contributed by atoms with Gasteiger partial charge < -0.3 is 14.6 Å². The van der Waals surface area contributed by atoms with E-state index in [9.17, 15) is 4.79 Å². The fourth-order valence-corrected chi connectivity index (χ4v) is 3.23. The van der Waals surface area contributed by atoms with Crippen LogP contribution in [-0.4, -0.2) is 48.7 Å². The zero-order valence-electron chi connectivity index (χ0n) is 17.2. The van der Waals surface area contributed by atoms with Crippen molar-refractivity contribution in [3.05, 3.63) is 60.1 Å². The lowest BCUT2D eigenvalue weighted by Gasteiger charge is -2.07. The van der Waals surface area contributed by atoms with Gasteiger partial charge in [0.05, 0.1) is 13.3 Å². The summed E-state index contributed by atoms with van der Waals surface area (Å²) in [6, 6.07) is 7.48. The Bertz CT molecular complexity index is 1180. The van der Waals surface area contributed by atoms with Crippen molar-refractivity contribution in [2.24, 2.45) is 0 Å². The predicted molar refractivity (Wildman–Crippen MR) is 111 cm³/mol. The van der Waals surface area contributed by atoms with E-state index in [1.165, 1.54) is 6.20 Å². The second-order valence-electron chi connectivity index (χ2n) is 6.89. The summed E-state index contributed by atoms with van der Waals surface area (Å²) < 4.78 is 8.84. The lowest BCUT2D eigenvalue weighted by molar-refractivity contribution is 0.0954. The first-order chi connectivity index (χ1) is 14.6.